The lowest BCUT2D eigenvalue weighted by atomic mass is 10.0. The predicted octanol–water partition coefficient (Wildman–Crippen LogP) is 7.62. The Hall–Kier alpha value is -2.99. The molecule has 3 aromatic carbocycles. The van der Waals surface area contributed by atoms with E-state index >= 15 is 0 Å². The first-order valence-corrected chi connectivity index (χ1v) is 13.0. The van der Waals surface area contributed by atoms with Gasteiger partial charge in [-0.25, -0.2) is 4.98 Å². The molecule has 0 spiro atoms. The number of rotatable bonds is 10. The molecule has 4 nitrogen and oxygen atoms in total. The molecule has 178 valence electrons. The van der Waals surface area contributed by atoms with Gasteiger partial charge in [0.1, 0.15) is 0 Å². The summed E-state index contributed by atoms with van der Waals surface area (Å²) in [7, 11) is 0. The molecule has 1 amide bonds. The number of benzene rings is 3. The van der Waals surface area contributed by atoms with E-state index in [4.69, 9.17) is 28.2 Å². The summed E-state index contributed by atoms with van der Waals surface area (Å²) in [5.74, 6) is 0.591. The van der Waals surface area contributed by atoms with E-state index in [0.717, 1.165) is 39.8 Å². The van der Waals surface area contributed by atoms with Crippen LogP contribution in [0.15, 0.2) is 96.7 Å². The summed E-state index contributed by atoms with van der Waals surface area (Å²) in [5, 5.41) is 4.70. The van der Waals surface area contributed by atoms with Gasteiger partial charge in [-0.1, -0.05) is 102 Å². The van der Waals surface area contributed by atoms with Gasteiger partial charge < -0.3 is 9.88 Å². The summed E-state index contributed by atoms with van der Waals surface area (Å²) in [4.78, 5) is 17.5. The Labute approximate surface area is 220 Å². The molecule has 1 N–H and O–H groups in total. The third-order valence-corrected chi connectivity index (χ3v) is 6.96. The molecule has 4 aromatic rings. The van der Waals surface area contributed by atoms with Crippen molar-refractivity contribution in [3.05, 3.63) is 107 Å². The van der Waals surface area contributed by atoms with Crippen LogP contribution in [-0.2, 0) is 6.54 Å². The number of imidazole rings is 1. The second-order valence-electron chi connectivity index (χ2n) is 7.81. The van der Waals surface area contributed by atoms with Crippen molar-refractivity contribution in [1.82, 2.24) is 14.9 Å². The second kappa shape index (κ2) is 12.1. The van der Waals surface area contributed by atoms with Crippen molar-refractivity contribution in [2.24, 2.45) is 0 Å². The SMILES string of the molecule is C=CCn1c(SCCCNC(=O)c2ccc(Cl)cc2Cl)nc(-c2ccccc2)c1-c1ccccc1. The van der Waals surface area contributed by atoms with Crippen LogP contribution >= 0.6 is 35.0 Å². The summed E-state index contributed by atoms with van der Waals surface area (Å²) in [6.45, 7) is 5.14. The average molecular weight is 523 g/mol. The fraction of sp³-hybridized carbons (Fsp3) is 0.143. The second-order valence-corrected chi connectivity index (χ2v) is 9.71. The first-order valence-electron chi connectivity index (χ1n) is 11.3. The number of amides is 1. The number of thioether (sulfide) groups is 1. The van der Waals surface area contributed by atoms with E-state index in [1.807, 2.05) is 42.5 Å². The van der Waals surface area contributed by atoms with Crippen molar-refractivity contribution in [2.75, 3.05) is 12.3 Å². The summed E-state index contributed by atoms with van der Waals surface area (Å²) in [5.41, 5.74) is 4.63. The number of hydrogen-bond donors (Lipinski definition) is 1. The summed E-state index contributed by atoms with van der Waals surface area (Å²) >= 11 is 13.7. The highest BCUT2D eigenvalue weighted by molar-refractivity contribution is 7.99. The fourth-order valence-corrected chi connectivity index (χ4v) is 5.18. The molecule has 0 aliphatic carbocycles. The number of carbonyl (C=O) groups excluding carboxylic acids is 1. The predicted molar refractivity (Wildman–Crippen MR) is 147 cm³/mol. The highest BCUT2D eigenvalue weighted by Gasteiger charge is 2.19. The summed E-state index contributed by atoms with van der Waals surface area (Å²) < 4.78 is 2.21. The zero-order valence-corrected chi connectivity index (χ0v) is 21.4. The highest BCUT2D eigenvalue weighted by Crippen LogP contribution is 2.36. The number of hydrogen-bond acceptors (Lipinski definition) is 3. The first-order chi connectivity index (χ1) is 17.1. The maximum atomic E-state index is 12.4. The number of carbonyl (C=O) groups is 1. The molecule has 7 heteroatoms. The van der Waals surface area contributed by atoms with E-state index in [0.29, 0.717) is 28.7 Å². The van der Waals surface area contributed by atoms with Crippen LogP contribution in [-0.4, -0.2) is 27.8 Å². The Morgan fingerprint density at radius 2 is 1.69 bits per heavy atom. The molecule has 0 saturated carbocycles. The van der Waals surface area contributed by atoms with Gasteiger partial charge in [0, 0.05) is 35.0 Å². The number of aromatic nitrogens is 2. The van der Waals surface area contributed by atoms with Crippen molar-refractivity contribution < 1.29 is 4.79 Å². The fourth-order valence-electron chi connectivity index (χ4n) is 3.73. The Balaban J connectivity index is 1.49. The topological polar surface area (TPSA) is 46.9 Å². The van der Waals surface area contributed by atoms with Crippen LogP contribution in [0.1, 0.15) is 16.8 Å². The van der Waals surface area contributed by atoms with E-state index in [1.54, 1.807) is 30.0 Å². The van der Waals surface area contributed by atoms with Gasteiger partial charge in [0.15, 0.2) is 5.16 Å². The maximum Gasteiger partial charge on any atom is 0.252 e. The van der Waals surface area contributed by atoms with Gasteiger partial charge in [-0.3, -0.25) is 4.79 Å². The van der Waals surface area contributed by atoms with Crippen LogP contribution in [0.2, 0.25) is 10.0 Å². The van der Waals surface area contributed by atoms with Crippen LogP contribution in [0.25, 0.3) is 22.5 Å². The van der Waals surface area contributed by atoms with E-state index < -0.39 is 0 Å². The van der Waals surface area contributed by atoms with E-state index in [9.17, 15) is 4.79 Å². The van der Waals surface area contributed by atoms with Gasteiger partial charge in [0.25, 0.3) is 5.91 Å². The molecule has 0 unspecified atom stereocenters. The molecular formula is C28H25Cl2N3OS. The third-order valence-electron chi connectivity index (χ3n) is 5.35. The average Bonchev–Trinajstić information content (AvgIpc) is 3.23. The Morgan fingerprint density at radius 3 is 2.34 bits per heavy atom. The van der Waals surface area contributed by atoms with Crippen molar-refractivity contribution in [1.29, 1.82) is 0 Å². The number of nitrogens with zero attached hydrogens (tertiary/aromatic N) is 2. The van der Waals surface area contributed by atoms with Gasteiger partial charge >= 0.3 is 0 Å². The number of halogens is 2. The van der Waals surface area contributed by atoms with E-state index in [2.05, 4.69) is 40.7 Å². The quantitative estimate of drug-likeness (QED) is 0.132. The largest absolute Gasteiger partial charge is 0.352 e. The minimum atomic E-state index is -0.206. The molecule has 0 aliphatic heterocycles. The van der Waals surface area contributed by atoms with Crippen LogP contribution in [0.3, 0.4) is 0 Å². The normalized spacial score (nSPS) is 10.8. The van der Waals surface area contributed by atoms with Gasteiger partial charge in [-0.15, -0.1) is 6.58 Å². The van der Waals surface area contributed by atoms with Crippen LogP contribution in [0, 0.1) is 0 Å². The number of nitrogens with one attached hydrogen (secondary N) is 1. The first kappa shape index (κ1) is 25.1. The number of allylic oxidation sites excluding steroid dienone is 1. The summed E-state index contributed by atoms with van der Waals surface area (Å²) in [6.07, 6.45) is 2.67. The molecule has 0 bridgehead atoms. The van der Waals surface area contributed by atoms with Crippen molar-refractivity contribution in [2.45, 2.75) is 18.1 Å². The minimum absolute atomic E-state index is 0.206. The Morgan fingerprint density at radius 1 is 1.00 bits per heavy atom. The van der Waals surface area contributed by atoms with Gasteiger partial charge in [-0.05, 0) is 24.6 Å². The lowest BCUT2D eigenvalue weighted by Gasteiger charge is -2.11. The molecule has 1 heterocycles. The minimum Gasteiger partial charge on any atom is -0.352 e. The molecule has 0 fully saturated rings. The standard InChI is InChI=1S/C28H25Cl2N3OS/c1-2-17-33-26(21-12-7-4-8-13-21)25(20-10-5-3-6-11-20)32-28(33)35-18-9-16-31-27(34)23-15-14-22(29)19-24(23)30/h2-8,10-15,19H,1,9,16-18H2,(H,31,34). The molecule has 1 aromatic heterocycles. The lowest BCUT2D eigenvalue weighted by molar-refractivity contribution is 0.0954. The smallest absolute Gasteiger partial charge is 0.252 e. The molecule has 4 rings (SSSR count). The summed E-state index contributed by atoms with van der Waals surface area (Å²) in [6, 6.07) is 25.4. The third kappa shape index (κ3) is 6.17. The molecule has 0 aliphatic rings. The molecule has 0 saturated heterocycles. The van der Waals surface area contributed by atoms with Crippen LogP contribution in [0.5, 0.6) is 0 Å². The van der Waals surface area contributed by atoms with E-state index in [1.165, 1.54) is 0 Å². The molecule has 0 radical (unpaired) electrons. The van der Waals surface area contributed by atoms with Gasteiger partial charge in [0.2, 0.25) is 0 Å². The monoisotopic (exact) mass is 521 g/mol. The van der Waals surface area contributed by atoms with Crippen LogP contribution in [0.4, 0.5) is 0 Å². The van der Waals surface area contributed by atoms with Gasteiger partial charge in [-0.2, -0.15) is 0 Å². The Bertz CT molecular complexity index is 1310. The van der Waals surface area contributed by atoms with Gasteiger partial charge in [0.05, 0.1) is 22.0 Å². The van der Waals surface area contributed by atoms with Crippen molar-refractivity contribution in [3.63, 3.8) is 0 Å². The van der Waals surface area contributed by atoms with Crippen molar-refractivity contribution in [3.8, 4) is 22.5 Å². The molecular weight excluding hydrogens is 497 g/mol. The highest BCUT2D eigenvalue weighted by atomic mass is 35.5. The molecule has 0 atom stereocenters. The zero-order valence-electron chi connectivity index (χ0n) is 19.1. The van der Waals surface area contributed by atoms with Crippen molar-refractivity contribution >= 4 is 40.9 Å². The van der Waals surface area contributed by atoms with E-state index in [-0.39, 0.29) is 5.91 Å². The zero-order chi connectivity index (χ0) is 24.6. The lowest BCUT2D eigenvalue weighted by Crippen LogP contribution is -2.25. The Kier molecular flexibility index (Phi) is 8.69. The molecule has 35 heavy (non-hydrogen) atoms. The maximum absolute atomic E-state index is 12.4. The van der Waals surface area contributed by atoms with Crippen LogP contribution < -0.4 is 5.32 Å².